The lowest BCUT2D eigenvalue weighted by molar-refractivity contribution is 0.0938. The van der Waals surface area contributed by atoms with Crippen LogP contribution in [0.4, 0.5) is 0 Å². The summed E-state index contributed by atoms with van der Waals surface area (Å²) in [7, 11) is 0. The average molecular weight is 454 g/mol. The van der Waals surface area contributed by atoms with Crippen molar-refractivity contribution in [2.24, 2.45) is 0 Å². The molecule has 0 spiro atoms. The number of hydrogen-bond acceptors (Lipinski definition) is 4. The molecule has 0 fully saturated rings. The summed E-state index contributed by atoms with van der Waals surface area (Å²) in [6, 6.07) is 24.3. The van der Waals surface area contributed by atoms with Gasteiger partial charge in [0.25, 0.3) is 11.5 Å². The fourth-order valence-electron chi connectivity index (χ4n) is 4.00. The number of carbonyl (C=O) groups is 1. The van der Waals surface area contributed by atoms with Crippen LogP contribution in [-0.4, -0.2) is 22.7 Å². The SMILES string of the molecule is CCOc1ccc(C)cc1C(C)NC(=O)c1c(-c2ccccc2)c(-c2ccccc2)n[nH]c1=O. The molecular weight excluding hydrogens is 426 g/mol. The van der Waals surface area contributed by atoms with E-state index < -0.39 is 11.5 Å². The molecule has 6 heteroatoms. The number of aromatic amines is 1. The molecule has 172 valence electrons. The van der Waals surface area contributed by atoms with Crippen molar-refractivity contribution >= 4 is 5.91 Å². The van der Waals surface area contributed by atoms with Crippen molar-refractivity contribution in [2.45, 2.75) is 26.8 Å². The van der Waals surface area contributed by atoms with Crippen LogP contribution in [-0.2, 0) is 0 Å². The topological polar surface area (TPSA) is 84.1 Å². The molecule has 34 heavy (non-hydrogen) atoms. The highest BCUT2D eigenvalue weighted by molar-refractivity contribution is 6.03. The molecule has 1 aromatic heterocycles. The van der Waals surface area contributed by atoms with E-state index in [0.29, 0.717) is 23.6 Å². The van der Waals surface area contributed by atoms with Crippen LogP contribution < -0.4 is 15.6 Å². The second-order valence-electron chi connectivity index (χ2n) is 8.05. The molecule has 0 radical (unpaired) electrons. The fraction of sp³-hybridized carbons (Fsp3) is 0.179. The number of aryl methyl sites for hydroxylation is 1. The molecule has 0 aliphatic heterocycles. The van der Waals surface area contributed by atoms with E-state index in [4.69, 9.17) is 4.74 Å². The highest BCUT2D eigenvalue weighted by Gasteiger charge is 2.25. The standard InChI is InChI=1S/C28H27N3O3/c1-4-34-23-16-15-18(2)17-22(23)19(3)29-27(32)25-24(20-11-7-5-8-12-20)26(30-31-28(25)33)21-13-9-6-10-14-21/h5-17,19H,4H2,1-3H3,(H,29,32)(H,31,33). The van der Waals surface area contributed by atoms with Gasteiger partial charge in [0.2, 0.25) is 0 Å². The lowest BCUT2D eigenvalue weighted by Gasteiger charge is -2.20. The third kappa shape index (κ3) is 4.76. The van der Waals surface area contributed by atoms with Gasteiger partial charge in [0.05, 0.1) is 18.3 Å². The molecule has 3 aromatic carbocycles. The minimum atomic E-state index is -0.544. The Kier molecular flexibility index (Phi) is 6.87. The average Bonchev–Trinajstić information content (AvgIpc) is 2.86. The quantitative estimate of drug-likeness (QED) is 0.398. The van der Waals surface area contributed by atoms with Crippen molar-refractivity contribution in [1.29, 1.82) is 0 Å². The number of H-pyrrole nitrogens is 1. The number of hydrogen-bond donors (Lipinski definition) is 2. The Balaban J connectivity index is 1.81. The summed E-state index contributed by atoms with van der Waals surface area (Å²) in [5.41, 5.74) is 3.96. The number of nitrogens with zero attached hydrogens (tertiary/aromatic N) is 1. The lowest BCUT2D eigenvalue weighted by atomic mass is 9.95. The van der Waals surface area contributed by atoms with Gasteiger partial charge in [0.1, 0.15) is 11.3 Å². The van der Waals surface area contributed by atoms with Gasteiger partial charge in [-0.1, -0.05) is 78.4 Å². The highest BCUT2D eigenvalue weighted by Crippen LogP contribution is 2.32. The van der Waals surface area contributed by atoms with Crippen molar-refractivity contribution in [3.63, 3.8) is 0 Å². The number of carbonyl (C=O) groups excluding carboxylic acids is 1. The Morgan fingerprint density at radius 1 is 1.00 bits per heavy atom. The molecule has 0 aliphatic carbocycles. The third-order valence-electron chi connectivity index (χ3n) is 5.60. The summed E-state index contributed by atoms with van der Waals surface area (Å²) in [5.74, 6) is 0.230. The van der Waals surface area contributed by atoms with Gasteiger partial charge in [0, 0.05) is 16.7 Å². The number of ether oxygens (including phenoxy) is 1. The molecular formula is C28H27N3O3. The number of aromatic nitrogens is 2. The van der Waals surface area contributed by atoms with Crippen LogP contribution in [0.5, 0.6) is 5.75 Å². The van der Waals surface area contributed by atoms with E-state index in [9.17, 15) is 9.59 Å². The van der Waals surface area contributed by atoms with Crippen molar-refractivity contribution in [3.05, 3.63) is 106 Å². The van der Waals surface area contributed by atoms with Gasteiger partial charge in [-0.05, 0) is 32.4 Å². The zero-order valence-electron chi connectivity index (χ0n) is 19.5. The van der Waals surface area contributed by atoms with Gasteiger partial charge >= 0.3 is 0 Å². The minimum Gasteiger partial charge on any atom is -0.494 e. The van der Waals surface area contributed by atoms with Crippen molar-refractivity contribution < 1.29 is 9.53 Å². The maximum Gasteiger partial charge on any atom is 0.277 e. The Morgan fingerprint density at radius 2 is 1.65 bits per heavy atom. The summed E-state index contributed by atoms with van der Waals surface area (Å²) >= 11 is 0. The Bertz CT molecular complexity index is 1350. The first kappa shape index (κ1) is 23.0. The molecule has 1 heterocycles. The highest BCUT2D eigenvalue weighted by atomic mass is 16.5. The van der Waals surface area contributed by atoms with Gasteiger partial charge < -0.3 is 10.1 Å². The smallest absolute Gasteiger partial charge is 0.277 e. The Labute approximate surface area is 198 Å². The predicted octanol–water partition coefficient (Wildman–Crippen LogP) is 5.30. The zero-order chi connectivity index (χ0) is 24.1. The summed E-state index contributed by atoms with van der Waals surface area (Å²) in [6.07, 6.45) is 0. The van der Waals surface area contributed by atoms with Crippen LogP contribution in [0, 0.1) is 6.92 Å². The van der Waals surface area contributed by atoms with Gasteiger partial charge in [-0.2, -0.15) is 5.10 Å². The molecule has 1 amide bonds. The zero-order valence-corrected chi connectivity index (χ0v) is 19.5. The summed E-state index contributed by atoms with van der Waals surface area (Å²) in [4.78, 5) is 26.6. The van der Waals surface area contributed by atoms with E-state index in [-0.39, 0.29) is 11.6 Å². The number of amides is 1. The molecule has 1 atom stereocenters. The molecule has 0 bridgehead atoms. The van der Waals surface area contributed by atoms with E-state index in [1.54, 1.807) is 0 Å². The lowest BCUT2D eigenvalue weighted by Crippen LogP contribution is -2.33. The largest absolute Gasteiger partial charge is 0.494 e. The maximum absolute atomic E-state index is 13.6. The normalized spacial score (nSPS) is 11.6. The van der Waals surface area contributed by atoms with Crippen LogP contribution in [0.3, 0.4) is 0 Å². The van der Waals surface area contributed by atoms with Crippen LogP contribution in [0.25, 0.3) is 22.4 Å². The van der Waals surface area contributed by atoms with Gasteiger partial charge in [-0.3, -0.25) is 9.59 Å². The van der Waals surface area contributed by atoms with Crippen LogP contribution >= 0.6 is 0 Å². The van der Waals surface area contributed by atoms with Crippen LogP contribution in [0.2, 0.25) is 0 Å². The number of benzene rings is 3. The van der Waals surface area contributed by atoms with Gasteiger partial charge in [-0.15, -0.1) is 0 Å². The van der Waals surface area contributed by atoms with Crippen LogP contribution in [0.15, 0.2) is 83.7 Å². The fourth-order valence-corrected chi connectivity index (χ4v) is 4.00. The Morgan fingerprint density at radius 3 is 2.29 bits per heavy atom. The second kappa shape index (κ2) is 10.2. The molecule has 1 unspecified atom stereocenters. The maximum atomic E-state index is 13.6. The Hall–Kier alpha value is -4.19. The van der Waals surface area contributed by atoms with Crippen molar-refractivity contribution in [2.75, 3.05) is 6.61 Å². The summed E-state index contributed by atoms with van der Waals surface area (Å²) in [6.45, 7) is 6.30. The number of rotatable bonds is 7. The second-order valence-corrected chi connectivity index (χ2v) is 8.05. The van der Waals surface area contributed by atoms with Gasteiger partial charge in [-0.25, -0.2) is 5.10 Å². The van der Waals surface area contributed by atoms with Crippen LogP contribution in [0.1, 0.15) is 41.4 Å². The molecule has 4 aromatic rings. The molecule has 6 nitrogen and oxygen atoms in total. The van der Waals surface area contributed by atoms with Gasteiger partial charge in [0.15, 0.2) is 0 Å². The molecule has 0 saturated heterocycles. The van der Waals surface area contributed by atoms with E-state index in [2.05, 4.69) is 15.5 Å². The van der Waals surface area contributed by atoms with E-state index in [1.807, 2.05) is 99.6 Å². The molecule has 0 aliphatic rings. The molecule has 4 rings (SSSR count). The van der Waals surface area contributed by atoms with E-state index in [0.717, 1.165) is 22.3 Å². The monoisotopic (exact) mass is 453 g/mol. The third-order valence-corrected chi connectivity index (χ3v) is 5.60. The van der Waals surface area contributed by atoms with E-state index in [1.165, 1.54) is 0 Å². The first-order valence-electron chi connectivity index (χ1n) is 11.3. The van der Waals surface area contributed by atoms with Crippen molar-refractivity contribution in [1.82, 2.24) is 15.5 Å². The first-order chi connectivity index (χ1) is 16.5. The first-order valence-corrected chi connectivity index (χ1v) is 11.3. The van der Waals surface area contributed by atoms with Crippen molar-refractivity contribution in [3.8, 4) is 28.1 Å². The summed E-state index contributed by atoms with van der Waals surface area (Å²) in [5, 5.41) is 9.84. The minimum absolute atomic E-state index is 0.0255. The summed E-state index contributed by atoms with van der Waals surface area (Å²) < 4.78 is 5.76. The molecule has 0 saturated carbocycles. The van der Waals surface area contributed by atoms with E-state index >= 15 is 0 Å². The molecule has 2 N–H and O–H groups in total. The number of nitrogens with one attached hydrogen (secondary N) is 2. The predicted molar refractivity (Wildman–Crippen MR) is 134 cm³/mol.